The zero-order valence-electron chi connectivity index (χ0n) is 46.4. The number of carbonyl (C=O) groups is 12. The van der Waals surface area contributed by atoms with Crippen LogP contribution in [-0.4, -0.2) is 186 Å². The average molecular weight is 1160 g/mol. The first-order valence-corrected chi connectivity index (χ1v) is 26.9. The van der Waals surface area contributed by atoms with Crippen molar-refractivity contribution in [2.24, 2.45) is 17.4 Å². The smallest absolute Gasteiger partial charge is 0.326 e. The number of nitrogens with two attached hydrogens (primary N) is 2. The summed E-state index contributed by atoms with van der Waals surface area (Å²) in [7, 11) is 0. The summed E-state index contributed by atoms with van der Waals surface area (Å²) in [5, 5.41) is 60.2. The van der Waals surface area contributed by atoms with E-state index in [-0.39, 0.29) is 51.5 Å². The summed E-state index contributed by atoms with van der Waals surface area (Å²) in [6.07, 6.45) is -0.775. The van der Waals surface area contributed by atoms with E-state index in [0.29, 0.717) is 16.8 Å². The lowest BCUT2D eigenvalue weighted by Crippen LogP contribution is -2.62. The Morgan fingerprint density at radius 1 is 0.627 bits per heavy atom. The Morgan fingerprint density at radius 3 is 1.69 bits per heavy atom. The summed E-state index contributed by atoms with van der Waals surface area (Å²) >= 11 is 0. The number of likely N-dealkylation sites (tertiary alicyclic amines) is 1. The number of aliphatic carboxylic acids is 2. The second kappa shape index (κ2) is 32.6. The van der Waals surface area contributed by atoms with Crippen molar-refractivity contribution < 1.29 is 78.0 Å². The topological polar surface area (TPSA) is 466 Å². The van der Waals surface area contributed by atoms with Gasteiger partial charge in [-0.05, 0) is 56.6 Å². The molecule has 452 valence electrons. The molecule has 1 aliphatic rings. The van der Waals surface area contributed by atoms with Crippen LogP contribution in [0.5, 0.6) is 0 Å². The van der Waals surface area contributed by atoms with Gasteiger partial charge in [0.1, 0.15) is 54.4 Å². The molecule has 3 aromatic rings. The van der Waals surface area contributed by atoms with Crippen LogP contribution in [0.25, 0.3) is 0 Å². The molecule has 4 rings (SSSR count). The number of benzene rings is 2. The van der Waals surface area contributed by atoms with Crippen molar-refractivity contribution in [2.45, 2.75) is 152 Å². The van der Waals surface area contributed by atoms with Gasteiger partial charge in [0.05, 0.1) is 25.1 Å². The van der Waals surface area contributed by atoms with Gasteiger partial charge in [-0.2, -0.15) is 0 Å². The highest BCUT2D eigenvalue weighted by atomic mass is 16.4. The predicted molar refractivity (Wildman–Crippen MR) is 293 cm³/mol. The normalized spacial score (nSPS) is 16.6. The molecule has 29 nitrogen and oxygen atoms in total. The molecule has 0 saturated carbocycles. The zero-order valence-corrected chi connectivity index (χ0v) is 46.4. The van der Waals surface area contributed by atoms with Crippen molar-refractivity contribution in [3.05, 3.63) is 90.0 Å². The minimum Gasteiger partial charge on any atom is -0.481 e. The van der Waals surface area contributed by atoms with Crippen LogP contribution in [0.2, 0.25) is 0 Å². The molecule has 10 amide bonds. The molecule has 0 radical (unpaired) electrons. The van der Waals surface area contributed by atoms with Gasteiger partial charge in [-0.3, -0.25) is 52.7 Å². The summed E-state index contributed by atoms with van der Waals surface area (Å²) in [5.74, 6) is -12.6. The molecular formula is C54H75N13O16. The molecule has 0 aliphatic carbocycles. The van der Waals surface area contributed by atoms with E-state index in [4.69, 9.17) is 11.5 Å². The highest BCUT2D eigenvalue weighted by Gasteiger charge is 2.42. The maximum absolute atomic E-state index is 14.4. The molecule has 1 fully saturated rings. The Kier molecular flexibility index (Phi) is 26.2. The average Bonchev–Trinajstić information content (AvgIpc) is 4.24. The minimum absolute atomic E-state index is 0.0459. The molecule has 11 atom stereocenters. The highest BCUT2D eigenvalue weighted by Crippen LogP contribution is 2.21. The molecule has 2 heterocycles. The number of rotatable bonds is 33. The number of imidazole rings is 1. The van der Waals surface area contributed by atoms with Crippen LogP contribution in [0.15, 0.2) is 73.2 Å². The standard InChI is InChI=1S/C54H75N13O16/c1-28(2)43(52(80)62-37(24-33-25-57-27-58-33)49(77)64-39(26-68)50(78)63-38(54(82)83)23-32-14-9-6-10-15-32)65-51(79)40-16-11-21-67(40)53(81)44(30(4)69)66-47(75)35(18-20-42(71)72)60-48(76)36(22-31-12-7-5-8-13-31)61-45(73)29(3)59-46(74)34(55)17-19-41(56)70/h5-10,12-15,25,27-30,34-40,43-44,68-69H,11,16-24,26,55H2,1-4H3,(H2,56,70)(H,57,58)(H,59,74)(H,60,76)(H,61,73)(H,62,80)(H,63,78)(H,64,77)(H,65,79)(H,66,75)(H,71,72)(H,82,83)/t29-,30+,34-,35-,36-,37-,38-,39-,40-,43-,44-/m0/s1. The van der Waals surface area contributed by atoms with E-state index in [1.807, 2.05) is 0 Å². The third-order valence-electron chi connectivity index (χ3n) is 13.4. The highest BCUT2D eigenvalue weighted by molar-refractivity contribution is 5.99. The van der Waals surface area contributed by atoms with E-state index in [1.54, 1.807) is 74.5 Å². The number of aliphatic hydroxyl groups excluding tert-OH is 2. The van der Waals surface area contributed by atoms with Crippen molar-refractivity contribution in [3.8, 4) is 0 Å². The number of aromatic nitrogens is 2. The first-order chi connectivity index (χ1) is 39.3. The van der Waals surface area contributed by atoms with Crippen LogP contribution in [0.1, 0.15) is 83.0 Å². The number of nitrogens with zero attached hydrogens (tertiary/aromatic N) is 2. The Balaban J connectivity index is 1.49. The fourth-order valence-corrected chi connectivity index (χ4v) is 8.76. The predicted octanol–water partition coefficient (Wildman–Crippen LogP) is -4.10. The van der Waals surface area contributed by atoms with Crippen LogP contribution in [-0.2, 0) is 76.8 Å². The fourth-order valence-electron chi connectivity index (χ4n) is 8.76. The van der Waals surface area contributed by atoms with Gasteiger partial charge in [-0.15, -0.1) is 0 Å². The van der Waals surface area contributed by atoms with E-state index < -0.39 is 163 Å². The monoisotopic (exact) mass is 1160 g/mol. The van der Waals surface area contributed by atoms with Gasteiger partial charge in [0.25, 0.3) is 0 Å². The molecule has 1 aliphatic heterocycles. The number of hydrogen-bond acceptors (Lipinski definition) is 16. The van der Waals surface area contributed by atoms with Crippen molar-refractivity contribution in [1.82, 2.24) is 57.4 Å². The van der Waals surface area contributed by atoms with Crippen LogP contribution in [0.3, 0.4) is 0 Å². The third kappa shape index (κ3) is 21.2. The van der Waals surface area contributed by atoms with E-state index in [0.717, 1.165) is 11.8 Å². The molecule has 1 aromatic heterocycles. The van der Waals surface area contributed by atoms with Gasteiger partial charge in [0, 0.05) is 50.5 Å². The minimum atomic E-state index is -1.80. The van der Waals surface area contributed by atoms with Crippen LogP contribution >= 0.6 is 0 Å². The lowest BCUT2D eigenvalue weighted by Gasteiger charge is -2.32. The lowest BCUT2D eigenvalue weighted by atomic mass is 10.0. The van der Waals surface area contributed by atoms with Crippen LogP contribution < -0.4 is 54.0 Å². The first-order valence-electron chi connectivity index (χ1n) is 26.9. The van der Waals surface area contributed by atoms with Gasteiger partial charge < -0.3 is 84.3 Å². The maximum Gasteiger partial charge on any atom is 0.326 e. The van der Waals surface area contributed by atoms with Gasteiger partial charge in [-0.25, -0.2) is 9.78 Å². The Morgan fingerprint density at radius 2 is 1.16 bits per heavy atom. The van der Waals surface area contributed by atoms with Crippen LogP contribution in [0, 0.1) is 5.92 Å². The Bertz CT molecular complexity index is 2730. The van der Waals surface area contributed by atoms with E-state index >= 15 is 0 Å². The summed E-state index contributed by atoms with van der Waals surface area (Å²) in [6.45, 7) is 4.59. The SMILES string of the molecule is CC(C)[C@H](NC(=O)[C@@H]1CCCN1C(=O)[C@@H](NC(=O)[C@H](CCC(=O)O)NC(=O)[C@H](Cc1ccccc1)NC(=O)[C@H](C)NC(=O)[C@@H](N)CCC(N)=O)[C@@H](C)O)C(=O)N[C@@H](Cc1cnc[nH]1)C(=O)N[C@@H](CO)C(=O)N[C@@H](Cc1ccccc1)C(=O)O. The van der Waals surface area contributed by atoms with Crippen molar-refractivity contribution >= 4 is 71.0 Å². The summed E-state index contributed by atoms with van der Waals surface area (Å²) < 4.78 is 0. The van der Waals surface area contributed by atoms with Gasteiger partial charge in [0.15, 0.2) is 0 Å². The Labute approximate surface area is 477 Å². The zero-order chi connectivity index (χ0) is 61.5. The maximum atomic E-state index is 14.4. The summed E-state index contributed by atoms with van der Waals surface area (Å²) in [4.78, 5) is 167. The molecule has 29 heteroatoms. The van der Waals surface area contributed by atoms with Crippen LogP contribution in [0.4, 0.5) is 0 Å². The largest absolute Gasteiger partial charge is 0.481 e. The number of carboxylic acids is 2. The molecule has 0 unspecified atom stereocenters. The quantitative estimate of drug-likeness (QED) is 0.0276. The number of aliphatic hydroxyl groups is 2. The number of carboxylic acid groups (broad SMARTS) is 2. The second-order valence-corrected chi connectivity index (χ2v) is 20.4. The molecule has 1 saturated heterocycles. The number of primary amides is 1. The number of hydrogen-bond donors (Lipinski definition) is 15. The molecule has 2 aromatic carbocycles. The van der Waals surface area contributed by atoms with Gasteiger partial charge >= 0.3 is 11.9 Å². The third-order valence-corrected chi connectivity index (χ3v) is 13.4. The van der Waals surface area contributed by atoms with E-state index in [2.05, 4.69) is 52.5 Å². The number of carbonyl (C=O) groups excluding carboxylic acids is 10. The molecule has 0 spiro atoms. The second-order valence-electron chi connectivity index (χ2n) is 20.4. The van der Waals surface area contributed by atoms with Gasteiger partial charge in [0.2, 0.25) is 59.1 Å². The molecule has 17 N–H and O–H groups in total. The van der Waals surface area contributed by atoms with Crippen molar-refractivity contribution in [2.75, 3.05) is 13.2 Å². The molecule has 0 bridgehead atoms. The van der Waals surface area contributed by atoms with Gasteiger partial charge in [-0.1, -0.05) is 74.5 Å². The first kappa shape index (κ1) is 66.7. The van der Waals surface area contributed by atoms with Crippen molar-refractivity contribution in [3.63, 3.8) is 0 Å². The number of aromatic amines is 1. The van der Waals surface area contributed by atoms with Crippen molar-refractivity contribution in [1.29, 1.82) is 0 Å². The summed E-state index contributed by atoms with van der Waals surface area (Å²) in [5.41, 5.74) is 12.5. The lowest BCUT2D eigenvalue weighted by molar-refractivity contribution is -0.145. The number of H-pyrrole nitrogens is 1. The fraction of sp³-hybridized carbons (Fsp3) is 0.500. The summed E-state index contributed by atoms with van der Waals surface area (Å²) in [6, 6.07) is 1.98. The number of amides is 10. The molecule has 83 heavy (non-hydrogen) atoms. The van der Waals surface area contributed by atoms with E-state index in [9.17, 15) is 78.0 Å². The molecular weight excluding hydrogens is 1090 g/mol. The van der Waals surface area contributed by atoms with E-state index in [1.165, 1.54) is 19.4 Å². The Hall–Kier alpha value is -8.83. The number of nitrogens with one attached hydrogen (secondary N) is 9.